The van der Waals surface area contributed by atoms with Crippen LogP contribution in [0.5, 0.6) is 0 Å². The molecule has 1 N–H and O–H groups in total. The summed E-state index contributed by atoms with van der Waals surface area (Å²) in [4.78, 5) is 0. The number of rotatable bonds is 6. The van der Waals surface area contributed by atoms with E-state index >= 15 is 0 Å². The Morgan fingerprint density at radius 1 is 1.40 bits per heavy atom. The van der Waals surface area contributed by atoms with Gasteiger partial charge in [0, 0.05) is 11.8 Å². The standard InChI is InChI=1S/C12H24O3/c1-5-12(4)10(13)8-11(12)15-7-6-14-9(2)3/h9-11,13H,5-8H2,1-4H3. The second-order valence-corrected chi connectivity index (χ2v) is 4.89. The van der Waals surface area contributed by atoms with E-state index in [2.05, 4.69) is 13.8 Å². The number of hydrogen-bond donors (Lipinski definition) is 1. The molecule has 1 aliphatic rings. The van der Waals surface area contributed by atoms with Crippen LogP contribution in [0, 0.1) is 5.41 Å². The molecule has 0 aromatic heterocycles. The quantitative estimate of drug-likeness (QED) is 0.690. The highest BCUT2D eigenvalue weighted by Gasteiger charge is 2.50. The van der Waals surface area contributed by atoms with Crippen LogP contribution in [0.4, 0.5) is 0 Å². The lowest BCUT2D eigenvalue weighted by Gasteiger charge is -2.50. The molecule has 3 unspecified atom stereocenters. The maximum Gasteiger partial charge on any atom is 0.0704 e. The average Bonchev–Trinajstić information content (AvgIpc) is 2.20. The Bertz CT molecular complexity index is 193. The van der Waals surface area contributed by atoms with E-state index in [1.807, 2.05) is 13.8 Å². The van der Waals surface area contributed by atoms with Gasteiger partial charge >= 0.3 is 0 Å². The van der Waals surface area contributed by atoms with Crippen LogP contribution in [0.3, 0.4) is 0 Å². The molecule has 3 heteroatoms. The molecule has 0 aromatic rings. The Morgan fingerprint density at radius 3 is 2.53 bits per heavy atom. The SMILES string of the molecule is CCC1(C)C(O)CC1OCCOC(C)C. The smallest absolute Gasteiger partial charge is 0.0704 e. The molecule has 0 bridgehead atoms. The van der Waals surface area contributed by atoms with Crippen molar-refractivity contribution < 1.29 is 14.6 Å². The van der Waals surface area contributed by atoms with E-state index in [1.54, 1.807) is 0 Å². The fourth-order valence-electron chi connectivity index (χ4n) is 1.99. The van der Waals surface area contributed by atoms with Gasteiger partial charge in [0.1, 0.15) is 0 Å². The average molecular weight is 216 g/mol. The van der Waals surface area contributed by atoms with Gasteiger partial charge in [-0.05, 0) is 20.3 Å². The first kappa shape index (κ1) is 12.9. The summed E-state index contributed by atoms with van der Waals surface area (Å²) in [6.07, 6.45) is 2.00. The first-order valence-electron chi connectivity index (χ1n) is 5.92. The normalized spacial score (nSPS) is 35.6. The molecule has 15 heavy (non-hydrogen) atoms. The van der Waals surface area contributed by atoms with Crippen LogP contribution in [-0.4, -0.2) is 36.6 Å². The zero-order valence-electron chi connectivity index (χ0n) is 10.3. The fourth-order valence-corrected chi connectivity index (χ4v) is 1.99. The van der Waals surface area contributed by atoms with E-state index in [-0.39, 0.29) is 23.7 Å². The molecular weight excluding hydrogens is 192 g/mol. The molecule has 3 nitrogen and oxygen atoms in total. The zero-order chi connectivity index (χ0) is 11.5. The minimum Gasteiger partial charge on any atom is -0.392 e. The summed E-state index contributed by atoms with van der Waals surface area (Å²) in [6, 6.07) is 0. The van der Waals surface area contributed by atoms with Crippen LogP contribution < -0.4 is 0 Å². The summed E-state index contributed by atoms with van der Waals surface area (Å²) in [5, 5.41) is 9.67. The predicted molar refractivity (Wildman–Crippen MR) is 59.8 cm³/mol. The maximum atomic E-state index is 9.67. The largest absolute Gasteiger partial charge is 0.392 e. The predicted octanol–water partition coefficient (Wildman–Crippen LogP) is 1.98. The van der Waals surface area contributed by atoms with Crippen LogP contribution in [0.2, 0.25) is 0 Å². The summed E-state index contributed by atoms with van der Waals surface area (Å²) >= 11 is 0. The molecule has 3 atom stereocenters. The van der Waals surface area contributed by atoms with E-state index in [4.69, 9.17) is 9.47 Å². The van der Waals surface area contributed by atoms with Crippen LogP contribution in [0.1, 0.15) is 40.5 Å². The highest BCUT2D eigenvalue weighted by atomic mass is 16.5. The molecular formula is C12H24O3. The van der Waals surface area contributed by atoms with E-state index in [9.17, 15) is 5.11 Å². The monoisotopic (exact) mass is 216 g/mol. The Morgan fingerprint density at radius 2 is 2.07 bits per heavy atom. The van der Waals surface area contributed by atoms with Gasteiger partial charge < -0.3 is 14.6 Å². The number of aliphatic hydroxyl groups is 1. The molecule has 0 aromatic carbocycles. The summed E-state index contributed by atoms with van der Waals surface area (Å²) in [6.45, 7) is 9.50. The highest BCUT2D eigenvalue weighted by Crippen LogP contribution is 2.45. The van der Waals surface area contributed by atoms with Gasteiger partial charge in [-0.15, -0.1) is 0 Å². The van der Waals surface area contributed by atoms with Gasteiger partial charge in [0.2, 0.25) is 0 Å². The third-order valence-electron chi connectivity index (χ3n) is 3.55. The van der Waals surface area contributed by atoms with Gasteiger partial charge in [0.05, 0.1) is 31.5 Å². The lowest BCUT2D eigenvalue weighted by molar-refractivity contribution is -0.190. The number of ether oxygens (including phenoxy) is 2. The molecule has 1 fully saturated rings. The molecule has 0 aliphatic heterocycles. The molecule has 1 saturated carbocycles. The lowest BCUT2D eigenvalue weighted by atomic mass is 9.63. The lowest BCUT2D eigenvalue weighted by Crippen LogP contribution is -2.56. The summed E-state index contributed by atoms with van der Waals surface area (Å²) in [5.74, 6) is 0. The topological polar surface area (TPSA) is 38.7 Å². The van der Waals surface area contributed by atoms with Crippen molar-refractivity contribution >= 4 is 0 Å². The molecule has 1 aliphatic carbocycles. The fraction of sp³-hybridized carbons (Fsp3) is 1.00. The van der Waals surface area contributed by atoms with Crippen molar-refractivity contribution in [2.24, 2.45) is 5.41 Å². The number of hydrogen-bond acceptors (Lipinski definition) is 3. The van der Waals surface area contributed by atoms with Crippen molar-refractivity contribution in [3.8, 4) is 0 Å². The minimum absolute atomic E-state index is 0.0438. The zero-order valence-corrected chi connectivity index (χ0v) is 10.3. The van der Waals surface area contributed by atoms with E-state index in [1.165, 1.54) is 0 Å². The Balaban J connectivity index is 2.18. The van der Waals surface area contributed by atoms with E-state index in [0.717, 1.165) is 12.8 Å². The van der Waals surface area contributed by atoms with Gasteiger partial charge in [-0.3, -0.25) is 0 Å². The molecule has 1 rings (SSSR count). The summed E-state index contributed by atoms with van der Waals surface area (Å²) in [7, 11) is 0. The van der Waals surface area contributed by atoms with Gasteiger partial charge in [0.15, 0.2) is 0 Å². The molecule has 0 spiro atoms. The summed E-state index contributed by atoms with van der Waals surface area (Å²) in [5.41, 5.74) is -0.0438. The van der Waals surface area contributed by atoms with Crippen molar-refractivity contribution in [2.75, 3.05) is 13.2 Å². The van der Waals surface area contributed by atoms with Crippen molar-refractivity contribution in [3.63, 3.8) is 0 Å². The third-order valence-corrected chi connectivity index (χ3v) is 3.55. The van der Waals surface area contributed by atoms with Gasteiger partial charge in [-0.2, -0.15) is 0 Å². The van der Waals surface area contributed by atoms with Gasteiger partial charge in [-0.1, -0.05) is 13.8 Å². The third kappa shape index (κ3) is 2.92. The first-order valence-corrected chi connectivity index (χ1v) is 5.92. The maximum absolute atomic E-state index is 9.67. The molecule has 0 radical (unpaired) electrons. The Labute approximate surface area is 92.8 Å². The number of aliphatic hydroxyl groups excluding tert-OH is 1. The van der Waals surface area contributed by atoms with Crippen LogP contribution in [0.15, 0.2) is 0 Å². The van der Waals surface area contributed by atoms with Crippen LogP contribution in [0.25, 0.3) is 0 Å². The second kappa shape index (κ2) is 5.28. The van der Waals surface area contributed by atoms with Crippen LogP contribution >= 0.6 is 0 Å². The Hall–Kier alpha value is -0.120. The second-order valence-electron chi connectivity index (χ2n) is 4.89. The van der Waals surface area contributed by atoms with Crippen LogP contribution in [-0.2, 0) is 9.47 Å². The van der Waals surface area contributed by atoms with E-state index in [0.29, 0.717) is 13.2 Å². The molecule has 90 valence electrons. The Kier molecular flexibility index (Phi) is 4.56. The summed E-state index contributed by atoms with van der Waals surface area (Å²) < 4.78 is 11.1. The van der Waals surface area contributed by atoms with E-state index < -0.39 is 0 Å². The van der Waals surface area contributed by atoms with Crippen molar-refractivity contribution in [2.45, 2.75) is 58.8 Å². The van der Waals surface area contributed by atoms with Crippen molar-refractivity contribution in [3.05, 3.63) is 0 Å². The minimum atomic E-state index is -0.196. The highest BCUT2D eigenvalue weighted by molar-refractivity contribution is 5.00. The van der Waals surface area contributed by atoms with Crippen molar-refractivity contribution in [1.29, 1.82) is 0 Å². The van der Waals surface area contributed by atoms with Gasteiger partial charge in [0.25, 0.3) is 0 Å². The molecule has 0 heterocycles. The van der Waals surface area contributed by atoms with Crippen molar-refractivity contribution in [1.82, 2.24) is 0 Å². The molecule has 0 saturated heterocycles. The molecule has 0 amide bonds. The first-order chi connectivity index (χ1) is 7.00. The van der Waals surface area contributed by atoms with Gasteiger partial charge in [-0.25, -0.2) is 0 Å².